The lowest BCUT2D eigenvalue weighted by atomic mass is 9.87. The lowest BCUT2D eigenvalue weighted by Gasteiger charge is -2.36. The first-order valence-corrected chi connectivity index (χ1v) is 20.4. The molecule has 0 aromatic carbocycles. The van der Waals surface area contributed by atoms with Crippen LogP contribution in [-0.2, 0) is 48.5 Å². The summed E-state index contributed by atoms with van der Waals surface area (Å²) in [4.78, 5) is 57.1. The highest BCUT2D eigenvalue weighted by molar-refractivity contribution is 6.28. The van der Waals surface area contributed by atoms with Crippen molar-refractivity contribution in [3.8, 4) is 0 Å². The number of nitrogens with zero attached hydrogens (tertiary/aromatic N) is 4. The fourth-order valence-electron chi connectivity index (χ4n) is 10.2. The summed E-state index contributed by atoms with van der Waals surface area (Å²) in [7, 11) is 0. The first-order chi connectivity index (χ1) is 26.1. The first-order valence-electron chi connectivity index (χ1n) is 20.4. The van der Waals surface area contributed by atoms with E-state index in [1.54, 1.807) is 83.1 Å². The molecule has 0 spiro atoms. The molecular weight excluding hydrogens is 752 g/mol. The van der Waals surface area contributed by atoms with Crippen LogP contribution in [0.4, 0.5) is 0 Å². The van der Waals surface area contributed by atoms with E-state index in [1.807, 2.05) is 27.7 Å². The van der Waals surface area contributed by atoms with Crippen LogP contribution in [0.3, 0.4) is 0 Å². The van der Waals surface area contributed by atoms with Crippen LogP contribution in [-0.4, -0.2) is 125 Å². The number of carbonyl (C=O) groups excluding carboxylic acids is 4. The molecule has 0 aromatic rings. The minimum absolute atomic E-state index is 0.294. The van der Waals surface area contributed by atoms with Gasteiger partial charge in [0.05, 0.1) is 37.5 Å². The minimum atomic E-state index is -1.35. The molecule has 0 amide bonds. The molecule has 58 heavy (non-hydrogen) atoms. The van der Waals surface area contributed by atoms with Crippen molar-refractivity contribution in [1.82, 2.24) is 20.3 Å². The summed E-state index contributed by atoms with van der Waals surface area (Å²) >= 11 is 0. The van der Waals surface area contributed by atoms with Crippen LogP contribution >= 0.6 is 0 Å². The van der Waals surface area contributed by atoms with Gasteiger partial charge in [0.15, 0.2) is 11.1 Å². The molecule has 4 heterocycles. The zero-order chi connectivity index (χ0) is 44.6. The van der Waals surface area contributed by atoms with E-state index in [1.165, 1.54) is 10.1 Å². The summed E-state index contributed by atoms with van der Waals surface area (Å²) in [6, 6.07) is 0. The Morgan fingerprint density at radius 2 is 0.621 bits per heavy atom. The van der Waals surface area contributed by atoms with Gasteiger partial charge in [-0.1, -0.05) is 0 Å². The molecule has 4 rings (SSSR count). The monoisotopic (exact) mass is 822 g/mol. The third-order valence-electron chi connectivity index (χ3n) is 14.1. The molecule has 0 saturated carbocycles. The van der Waals surface area contributed by atoms with E-state index in [0.717, 1.165) is 10.1 Å². The van der Waals surface area contributed by atoms with Crippen molar-refractivity contribution in [2.75, 3.05) is 26.4 Å². The first kappa shape index (κ1) is 48.0. The molecule has 2 N–H and O–H groups in total. The standard InChI is InChI=1S/C42H70N4O12/c1-35(2)17-25(39(9,10)43(35)51)21-55-31(47)29(32(48)56-22-26-18-36(3,4)44(52)40(26,11)12)30(33(49)57-23-27-19-37(5,6)45(53)41(27,13)14)34(50)58-24-28-20-38(7,8)46(54)42(28,15)16/h25-28,51,53H,17-24H2,1-16H3/b30-29+. The summed E-state index contributed by atoms with van der Waals surface area (Å²) in [5.74, 6) is -7.22. The van der Waals surface area contributed by atoms with Crippen LogP contribution < -0.4 is 0 Å². The van der Waals surface area contributed by atoms with Gasteiger partial charge >= 0.3 is 23.9 Å². The van der Waals surface area contributed by atoms with Gasteiger partial charge in [-0.15, -0.1) is 20.5 Å². The Bertz CT molecular complexity index is 1410. The van der Waals surface area contributed by atoms with Gasteiger partial charge in [0.25, 0.3) is 0 Å². The second-order valence-electron chi connectivity index (χ2n) is 21.8. The molecule has 0 aliphatic carbocycles. The maximum Gasteiger partial charge on any atom is 0.346 e. The van der Waals surface area contributed by atoms with Crippen molar-refractivity contribution in [2.24, 2.45) is 23.7 Å². The largest absolute Gasteiger partial charge is 0.462 e. The van der Waals surface area contributed by atoms with Gasteiger partial charge in [0.2, 0.25) is 0 Å². The molecule has 16 heteroatoms. The smallest absolute Gasteiger partial charge is 0.346 e. The van der Waals surface area contributed by atoms with Gasteiger partial charge in [0, 0.05) is 56.9 Å². The van der Waals surface area contributed by atoms with Crippen LogP contribution in [0, 0.1) is 23.7 Å². The molecule has 2 radical (unpaired) electrons. The Labute approximate surface area is 344 Å². The maximum atomic E-state index is 14.3. The number of hydroxylamine groups is 8. The van der Waals surface area contributed by atoms with Crippen molar-refractivity contribution in [2.45, 2.75) is 181 Å². The maximum absolute atomic E-state index is 14.3. The summed E-state index contributed by atoms with van der Waals surface area (Å²) in [5.41, 5.74) is -8.65. The average molecular weight is 823 g/mol. The van der Waals surface area contributed by atoms with E-state index in [-0.39, 0.29) is 26.4 Å². The zero-order valence-corrected chi connectivity index (χ0v) is 37.7. The number of hydrogen-bond acceptors (Lipinski definition) is 14. The number of hydrogen-bond donors (Lipinski definition) is 2. The molecule has 330 valence electrons. The van der Waals surface area contributed by atoms with Gasteiger partial charge in [-0.2, -0.15) is 10.1 Å². The van der Waals surface area contributed by atoms with Crippen molar-refractivity contribution in [3.63, 3.8) is 0 Å². The molecule has 4 saturated heterocycles. The van der Waals surface area contributed by atoms with Crippen LogP contribution in [0.25, 0.3) is 0 Å². The minimum Gasteiger partial charge on any atom is -0.462 e. The predicted molar refractivity (Wildman–Crippen MR) is 208 cm³/mol. The Morgan fingerprint density at radius 3 is 0.793 bits per heavy atom. The van der Waals surface area contributed by atoms with Gasteiger partial charge < -0.3 is 29.4 Å². The molecule has 0 aromatic heterocycles. The van der Waals surface area contributed by atoms with E-state index in [9.17, 15) is 40.0 Å². The fraction of sp³-hybridized carbons (Fsp3) is 0.857. The van der Waals surface area contributed by atoms with Gasteiger partial charge in [-0.05, 0) is 136 Å². The van der Waals surface area contributed by atoms with Gasteiger partial charge in [0.1, 0.15) is 0 Å². The van der Waals surface area contributed by atoms with Crippen LogP contribution in [0.5, 0.6) is 0 Å². The van der Waals surface area contributed by atoms with Crippen molar-refractivity contribution in [1.29, 1.82) is 0 Å². The van der Waals surface area contributed by atoms with E-state index in [4.69, 9.17) is 18.9 Å². The van der Waals surface area contributed by atoms with Crippen molar-refractivity contribution >= 4 is 23.9 Å². The van der Waals surface area contributed by atoms with E-state index in [2.05, 4.69) is 0 Å². The van der Waals surface area contributed by atoms with Crippen molar-refractivity contribution < 1.29 is 59.0 Å². The summed E-state index contributed by atoms with van der Waals surface area (Å²) in [6.07, 6.45) is 1.51. The van der Waals surface area contributed by atoms with Gasteiger partial charge in [-0.3, -0.25) is 0 Å². The molecule has 0 bridgehead atoms. The van der Waals surface area contributed by atoms with Crippen LogP contribution in [0.1, 0.15) is 136 Å². The zero-order valence-electron chi connectivity index (χ0n) is 37.7. The van der Waals surface area contributed by atoms with E-state index >= 15 is 0 Å². The average Bonchev–Trinajstić information content (AvgIpc) is 3.52. The highest BCUT2D eigenvalue weighted by Gasteiger charge is 2.56. The number of ether oxygens (including phenoxy) is 4. The molecule has 4 unspecified atom stereocenters. The normalized spacial score (nSPS) is 31.1. The molecule has 4 aliphatic rings. The Kier molecular flexibility index (Phi) is 12.9. The Morgan fingerprint density at radius 1 is 0.414 bits per heavy atom. The summed E-state index contributed by atoms with van der Waals surface area (Å²) < 4.78 is 22.9. The lowest BCUT2D eigenvalue weighted by Crippen LogP contribution is -2.48. The summed E-state index contributed by atoms with van der Waals surface area (Å²) in [6.45, 7) is 27.2. The quantitative estimate of drug-likeness (QED) is 0.0829. The molecule has 16 nitrogen and oxygen atoms in total. The molecule has 4 aliphatic heterocycles. The van der Waals surface area contributed by atoms with E-state index < -0.39 is 103 Å². The molecule has 4 atom stereocenters. The van der Waals surface area contributed by atoms with Crippen LogP contribution in [0.2, 0.25) is 0 Å². The SMILES string of the molecule is CC1(C)CC(COC(=O)/C(C(=O)OCC2CC(C)(C)N(O)C2(C)C)=C(/C(=O)OCC2CC(C)(C)N([O])C2(C)C)C(=O)OCC2CC(C)(C)N(O)C2(C)C)C(C)(C)N1[O]. The highest BCUT2D eigenvalue weighted by atomic mass is 16.6. The summed E-state index contributed by atoms with van der Waals surface area (Å²) in [5, 5.41) is 52.4. The Balaban J connectivity index is 1.75. The third kappa shape index (κ3) is 8.72. The van der Waals surface area contributed by atoms with Gasteiger partial charge in [-0.25, -0.2) is 19.2 Å². The number of esters is 4. The lowest BCUT2D eigenvalue weighted by molar-refractivity contribution is -0.249. The number of rotatable bonds is 12. The van der Waals surface area contributed by atoms with E-state index in [0.29, 0.717) is 25.7 Å². The van der Waals surface area contributed by atoms with Crippen LogP contribution in [0.15, 0.2) is 11.1 Å². The fourth-order valence-corrected chi connectivity index (χ4v) is 10.2. The third-order valence-corrected chi connectivity index (χ3v) is 14.1. The topological polar surface area (TPSA) is 198 Å². The number of carbonyl (C=O) groups is 4. The second-order valence-corrected chi connectivity index (χ2v) is 21.8. The van der Waals surface area contributed by atoms with Crippen molar-refractivity contribution in [3.05, 3.63) is 11.1 Å². The second kappa shape index (κ2) is 15.6. The molecular formula is C42H70N4O12. The molecule has 4 fully saturated rings. The Hall–Kier alpha value is -2.70. The predicted octanol–water partition coefficient (Wildman–Crippen LogP) is 5.44. The highest BCUT2D eigenvalue weighted by Crippen LogP contribution is 2.47.